The fraction of sp³-hybridized carbons (Fsp3) is 1.00. The van der Waals surface area contributed by atoms with E-state index in [9.17, 15) is 0 Å². The third-order valence-corrected chi connectivity index (χ3v) is 3.49. The molecular formula is C12H25N. The quantitative estimate of drug-likeness (QED) is 0.645. The molecule has 1 N–H and O–H groups in total. The lowest BCUT2D eigenvalue weighted by atomic mass is 9.86. The zero-order valence-electron chi connectivity index (χ0n) is 9.53. The topological polar surface area (TPSA) is 12.0 Å². The molecule has 13 heavy (non-hydrogen) atoms. The Hall–Kier alpha value is -0.0400. The maximum Gasteiger partial charge on any atom is 0.0153 e. The predicted molar refractivity (Wildman–Crippen MR) is 58.9 cm³/mol. The van der Waals surface area contributed by atoms with Crippen LogP contribution in [0, 0.1) is 5.92 Å². The molecule has 0 atom stereocenters. The second-order valence-corrected chi connectivity index (χ2v) is 4.98. The van der Waals surface area contributed by atoms with E-state index in [1.54, 1.807) is 0 Å². The normalized spacial score (nSPS) is 19.6. The summed E-state index contributed by atoms with van der Waals surface area (Å²) in [5, 5.41) is 3.70. The minimum Gasteiger partial charge on any atom is -0.312 e. The zero-order valence-corrected chi connectivity index (χ0v) is 9.53. The molecular weight excluding hydrogens is 158 g/mol. The Kier molecular flexibility index (Phi) is 4.24. The molecule has 1 heteroatoms. The van der Waals surface area contributed by atoms with Crippen molar-refractivity contribution in [3.8, 4) is 0 Å². The fourth-order valence-electron chi connectivity index (χ4n) is 2.38. The summed E-state index contributed by atoms with van der Waals surface area (Å²) in [4.78, 5) is 0. The summed E-state index contributed by atoms with van der Waals surface area (Å²) in [6.45, 7) is 8.20. The Morgan fingerprint density at radius 2 is 1.85 bits per heavy atom. The molecule has 1 nitrogen and oxygen atoms in total. The average molecular weight is 183 g/mol. The highest BCUT2D eigenvalue weighted by Crippen LogP contribution is 2.33. The van der Waals surface area contributed by atoms with Crippen molar-refractivity contribution >= 4 is 0 Å². The summed E-state index contributed by atoms with van der Waals surface area (Å²) in [5.41, 5.74) is 0.381. The Morgan fingerprint density at radius 1 is 1.23 bits per heavy atom. The average Bonchev–Trinajstić information content (AvgIpc) is 2.56. The molecule has 0 aliphatic heterocycles. The molecule has 0 aromatic rings. The van der Waals surface area contributed by atoms with Crippen LogP contribution in [0.5, 0.6) is 0 Å². The molecule has 78 valence electrons. The van der Waals surface area contributed by atoms with Gasteiger partial charge in [-0.1, -0.05) is 26.2 Å². The van der Waals surface area contributed by atoms with Crippen molar-refractivity contribution in [2.45, 2.75) is 64.8 Å². The molecule has 1 aliphatic carbocycles. The lowest BCUT2D eigenvalue weighted by Gasteiger charge is -2.33. The molecule has 1 fully saturated rings. The van der Waals surface area contributed by atoms with Gasteiger partial charge in [0.2, 0.25) is 0 Å². The van der Waals surface area contributed by atoms with Gasteiger partial charge in [0.1, 0.15) is 0 Å². The van der Waals surface area contributed by atoms with Crippen molar-refractivity contribution < 1.29 is 0 Å². The smallest absolute Gasteiger partial charge is 0.0153 e. The van der Waals surface area contributed by atoms with Crippen LogP contribution in [0.15, 0.2) is 0 Å². The SMILES string of the molecule is CCCCNC(C)(C)C1CCCC1. The van der Waals surface area contributed by atoms with Crippen LogP contribution in [-0.2, 0) is 0 Å². The molecule has 0 radical (unpaired) electrons. The van der Waals surface area contributed by atoms with Gasteiger partial charge in [0.05, 0.1) is 0 Å². The van der Waals surface area contributed by atoms with Crippen LogP contribution in [0.1, 0.15) is 59.3 Å². The molecule has 0 bridgehead atoms. The summed E-state index contributed by atoms with van der Waals surface area (Å²) in [6, 6.07) is 0. The number of unbranched alkanes of at least 4 members (excludes halogenated alkanes) is 1. The molecule has 0 heterocycles. The van der Waals surface area contributed by atoms with E-state index in [0.717, 1.165) is 5.92 Å². The molecule has 1 saturated carbocycles. The van der Waals surface area contributed by atoms with Gasteiger partial charge in [-0.3, -0.25) is 0 Å². The molecule has 0 aromatic heterocycles. The summed E-state index contributed by atoms with van der Waals surface area (Å²) < 4.78 is 0. The highest BCUT2D eigenvalue weighted by Gasteiger charge is 2.30. The van der Waals surface area contributed by atoms with Crippen LogP contribution in [-0.4, -0.2) is 12.1 Å². The van der Waals surface area contributed by atoms with Gasteiger partial charge in [-0.05, 0) is 45.6 Å². The molecule has 1 aliphatic rings. The fourth-order valence-corrected chi connectivity index (χ4v) is 2.38. The predicted octanol–water partition coefficient (Wildman–Crippen LogP) is 3.34. The molecule has 0 saturated heterocycles. The van der Waals surface area contributed by atoms with Gasteiger partial charge in [-0.25, -0.2) is 0 Å². The van der Waals surface area contributed by atoms with Gasteiger partial charge in [-0.2, -0.15) is 0 Å². The van der Waals surface area contributed by atoms with E-state index in [1.165, 1.54) is 45.1 Å². The summed E-state index contributed by atoms with van der Waals surface area (Å²) >= 11 is 0. The van der Waals surface area contributed by atoms with Gasteiger partial charge in [0.15, 0.2) is 0 Å². The molecule has 0 aromatic carbocycles. The number of hydrogen-bond acceptors (Lipinski definition) is 1. The van der Waals surface area contributed by atoms with E-state index in [-0.39, 0.29) is 0 Å². The van der Waals surface area contributed by atoms with Gasteiger partial charge in [0, 0.05) is 5.54 Å². The lowest BCUT2D eigenvalue weighted by Crippen LogP contribution is -2.45. The highest BCUT2D eigenvalue weighted by atomic mass is 15.0. The number of rotatable bonds is 5. The van der Waals surface area contributed by atoms with Gasteiger partial charge >= 0.3 is 0 Å². The number of hydrogen-bond donors (Lipinski definition) is 1. The second kappa shape index (κ2) is 4.99. The second-order valence-electron chi connectivity index (χ2n) is 4.98. The number of nitrogens with one attached hydrogen (secondary N) is 1. The van der Waals surface area contributed by atoms with E-state index in [0.29, 0.717) is 5.54 Å². The lowest BCUT2D eigenvalue weighted by molar-refractivity contribution is 0.256. The highest BCUT2D eigenvalue weighted by molar-refractivity contribution is 4.88. The largest absolute Gasteiger partial charge is 0.312 e. The van der Waals surface area contributed by atoms with E-state index < -0.39 is 0 Å². The molecule has 0 amide bonds. The van der Waals surface area contributed by atoms with Crippen molar-refractivity contribution in [2.24, 2.45) is 5.92 Å². The van der Waals surface area contributed by atoms with Crippen LogP contribution >= 0.6 is 0 Å². The van der Waals surface area contributed by atoms with Crippen molar-refractivity contribution in [2.75, 3.05) is 6.54 Å². The standard InChI is InChI=1S/C12H25N/c1-4-5-10-13-12(2,3)11-8-6-7-9-11/h11,13H,4-10H2,1-3H3. The van der Waals surface area contributed by atoms with E-state index >= 15 is 0 Å². The first kappa shape index (κ1) is 11.0. The Balaban J connectivity index is 2.26. The monoisotopic (exact) mass is 183 g/mol. The van der Waals surface area contributed by atoms with Crippen molar-refractivity contribution in [1.29, 1.82) is 0 Å². The minimum absolute atomic E-state index is 0.381. The molecule has 1 rings (SSSR count). The van der Waals surface area contributed by atoms with E-state index in [2.05, 4.69) is 26.1 Å². The van der Waals surface area contributed by atoms with Crippen LogP contribution in [0.4, 0.5) is 0 Å². The Morgan fingerprint density at radius 3 is 2.38 bits per heavy atom. The third kappa shape index (κ3) is 3.30. The first-order chi connectivity index (χ1) is 6.17. The van der Waals surface area contributed by atoms with Gasteiger partial charge in [-0.15, -0.1) is 0 Å². The first-order valence-corrected chi connectivity index (χ1v) is 5.92. The zero-order chi connectivity index (χ0) is 9.73. The van der Waals surface area contributed by atoms with Crippen molar-refractivity contribution in [3.05, 3.63) is 0 Å². The Bertz CT molecular complexity index is 134. The summed E-state index contributed by atoms with van der Waals surface area (Å²) in [6.07, 6.45) is 8.38. The van der Waals surface area contributed by atoms with Gasteiger partial charge in [0.25, 0.3) is 0 Å². The molecule has 0 unspecified atom stereocenters. The van der Waals surface area contributed by atoms with Gasteiger partial charge < -0.3 is 5.32 Å². The van der Waals surface area contributed by atoms with Crippen LogP contribution in [0.2, 0.25) is 0 Å². The van der Waals surface area contributed by atoms with Crippen molar-refractivity contribution in [3.63, 3.8) is 0 Å². The third-order valence-electron chi connectivity index (χ3n) is 3.49. The molecule has 0 spiro atoms. The van der Waals surface area contributed by atoms with E-state index in [1.807, 2.05) is 0 Å². The summed E-state index contributed by atoms with van der Waals surface area (Å²) in [5.74, 6) is 0.921. The van der Waals surface area contributed by atoms with Crippen LogP contribution in [0.3, 0.4) is 0 Å². The van der Waals surface area contributed by atoms with Crippen LogP contribution in [0.25, 0.3) is 0 Å². The summed E-state index contributed by atoms with van der Waals surface area (Å²) in [7, 11) is 0. The van der Waals surface area contributed by atoms with E-state index in [4.69, 9.17) is 0 Å². The van der Waals surface area contributed by atoms with Crippen molar-refractivity contribution in [1.82, 2.24) is 5.32 Å². The Labute approximate surface area is 83.3 Å². The maximum absolute atomic E-state index is 3.70. The van der Waals surface area contributed by atoms with Crippen LogP contribution < -0.4 is 5.32 Å². The maximum atomic E-state index is 3.70. The minimum atomic E-state index is 0.381. The first-order valence-electron chi connectivity index (χ1n) is 5.92.